The van der Waals surface area contributed by atoms with Crippen LogP contribution in [0.2, 0.25) is 0 Å². The van der Waals surface area contributed by atoms with E-state index in [0.717, 1.165) is 5.92 Å². The summed E-state index contributed by atoms with van der Waals surface area (Å²) >= 11 is 0. The van der Waals surface area contributed by atoms with Crippen molar-refractivity contribution in [2.45, 2.75) is 66.2 Å². The van der Waals surface area contributed by atoms with Crippen LogP contribution in [0.4, 0.5) is 0 Å². The third kappa shape index (κ3) is 3.48. The molecule has 0 aromatic heterocycles. The van der Waals surface area contributed by atoms with Crippen molar-refractivity contribution in [1.82, 2.24) is 0 Å². The fourth-order valence-corrected chi connectivity index (χ4v) is 2.31. The average molecular weight is 194 g/mol. The maximum atomic E-state index is 2.52. The summed E-state index contributed by atoms with van der Waals surface area (Å²) in [4.78, 5) is 0. The van der Waals surface area contributed by atoms with Crippen molar-refractivity contribution >= 4 is 0 Å². The quantitative estimate of drug-likeness (QED) is 0.558. The van der Waals surface area contributed by atoms with Gasteiger partial charge in [0, 0.05) is 0 Å². The molecule has 0 aromatic rings. The second-order valence-corrected chi connectivity index (χ2v) is 5.80. The van der Waals surface area contributed by atoms with Gasteiger partial charge in [-0.1, -0.05) is 45.8 Å². The molecule has 0 aromatic carbocycles. The molecule has 1 aliphatic rings. The molecule has 0 heteroatoms. The lowest BCUT2D eigenvalue weighted by Gasteiger charge is -2.33. The SMILES string of the molecule is CCCCC1=CCC(C(C)(C)C)CC1. The molecule has 0 heterocycles. The number of hydrogen-bond acceptors (Lipinski definition) is 0. The molecule has 0 bridgehead atoms. The van der Waals surface area contributed by atoms with Crippen LogP contribution in [0.3, 0.4) is 0 Å². The molecule has 0 radical (unpaired) electrons. The maximum Gasteiger partial charge on any atom is -0.0314 e. The predicted molar refractivity (Wildman–Crippen MR) is 64.4 cm³/mol. The molecule has 0 amide bonds. The summed E-state index contributed by atoms with van der Waals surface area (Å²) in [6, 6.07) is 0. The number of unbranched alkanes of at least 4 members (excludes halogenated alkanes) is 1. The van der Waals surface area contributed by atoms with Crippen molar-refractivity contribution in [3.63, 3.8) is 0 Å². The van der Waals surface area contributed by atoms with Gasteiger partial charge in [-0.25, -0.2) is 0 Å². The molecule has 82 valence electrons. The summed E-state index contributed by atoms with van der Waals surface area (Å²) in [5.41, 5.74) is 2.24. The standard InChI is InChI=1S/C14H26/c1-5-6-7-12-8-10-13(11-9-12)14(2,3)4/h8,13H,5-7,9-11H2,1-4H3. The van der Waals surface area contributed by atoms with Gasteiger partial charge in [0.2, 0.25) is 0 Å². The first-order valence-electron chi connectivity index (χ1n) is 6.22. The second kappa shape index (κ2) is 5.00. The molecule has 0 fully saturated rings. The van der Waals surface area contributed by atoms with Crippen LogP contribution in [0.25, 0.3) is 0 Å². The topological polar surface area (TPSA) is 0 Å². The van der Waals surface area contributed by atoms with Crippen molar-refractivity contribution in [1.29, 1.82) is 0 Å². The summed E-state index contributed by atoms with van der Waals surface area (Å²) in [6.45, 7) is 9.41. The lowest BCUT2D eigenvalue weighted by Crippen LogP contribution is -2.22. The second-order valence-electron chi connectivity index (χ2n) is 5.80. The van der Waals surface area contributed by atoms with Crippen LogP contribution in [0.5, 0.6) is 0 Å². The van der Waals surface area contributed by atoms with Crippen LogP contribution >= 0.6 is 0 Å². The Morgan fingerprint density at radius 3 is 2.50 bits per heavy atom. The monoisotopic (exact) mass is 194 g/mol. The molecule has 1 rings (SSSR count). The fourth-order valence-electron chi connectivity index (χ4n) is 2.31. The molecule has 0 spiro atoms. The van der Waals surface area contributed by atoms with Gasteiger partial charge in [0.1, 0.15) is 0 Å². The summed E-state index contributed by atoms with van der Waals surface area (Å²) in [6.07, 6.45) is 10.7. The van der Waals surface area contributed by atoms with E-state index in [2.05, 4.69) is 33.8 Å². The Balaban J connectivity index is 2.39. The molecule has 14 heavy (non-hydrogen) atoms. The zero-order chi connectivity index (χ0) is 10.6. The van der Waals surface area contributed by atoms with Crippen molar-refractivity contribution in [2.75, 3.05) is 0 Å². The third-order valence-electron chi connectivity index (χ3n) is 3.58. The van der Waals surface area contributed by atoms with E-state index in [4.69, 9.17) is 0 Å². The Labute approximate surface area is 89.8 Å². The number of rotatable bonds is 3. The Morgan fingerprint density at radius 1 is 1.36 bits per heavy atom. The zero-order valence-corrected chi connectivity index (χ0v) is 10.4. The first-order chi connectivity index (χ1) is 6.54. The van der Waals surface area contributed by atoms with Crippen LogP contribution in [0.15, 0.2) is 11.6 Å². The summed E-state index contributed by atoms with van der Waals surface area (Å²) in [5.74, 6) is 0.910. The van der Waals surface area contributed by atoms with Gasteiger partial charge in [-0.05, 0) is 43.4 Å². The van der Waals surface area contributed by atoms with Gasteiger partial charge in [-0.3, -0.25) is 0 Å². The first-order valence-corrected chi connectivity index (χ1v) is 6.22. The molecule has 1 aliphatic carbocycles. The Morgan fingerprint density at radius 2 is 2.07 bits per heavy atom. The van der Waals surface area contributed by atoms with Crippen molar-refractivity contribution < 1.29 is 0 Å². The van der Waals surface area contributed by atoms with Gasteiger partial charge < -0.3 is 0 Å². The minimum Gasteiger partial charge on any atom is -0.0850 e. The van der Waals surface area contributed by atoms with E-state index in [1.54, 1.807) is 5.57 Å². The molecule has 0 N–H and O–H groups in total. The van der Waals surface area contributed by atoms with E-state index < -0.39 is 0 Å². The fraction of sp³-hybridized carbons (Fsp3) is 0.857. The van der Waals surface area contributed by atoms with Crippen LogP contribution < -0.4 is 0 Å². The van der Waals surface area contributed by atoms with Gasteiger partial charge in [0.25, 0.3) is 0 Å². The molecular weight excluding hydrogens is 168 g/mol. The molecule has 1 atom stereocenters. The molecule has 0 saturated carbocycles. The van der Waals surface area contributed by atoms with Gasteiger partial charge in [-0.15, -0.1) is 0 Å². The lowest BCUT2D eigenvalue weighted by molar-refractivity contribution is 0.220. The highest BCUT2D eigenvalue weighted by Gasteiger charge is 2.25. The zero-order valence-electron chi connectivity index (χ0n) is 10.4. The van der Waals surface area contributed by atoms with Crippen LogP contribution in [0, 0.1) is 11.3 Å². The van der Waals surface area contributed by atoms with Crippen molar-refractivity contribution in [2.24, 2.45) is 11.3 Å². The molecule has 1 unspecified atom stereocenters. The molecule has 0 saturated heterocycles. The van der Waals surface area contributed by atoms with E-state index in [-0.39, 0.29) is 0 Å². The maximum absolute atomic E-state index is 2.52. The highest BCUT2D eigenvalue weighted by molar-refractivity contribution is 5.07. The van der Waals surface area contributed by atoms with Crippen molar-refractivity contribution in [3.05, 3.63) is 11.6 Å². The van der Waals surface area contributed by atoms with Gasteiger partial charge in [-0.2, -0.15) is 0 Å². The van der Waals surface area contributed by atoms with E-state index in [1.165, 1.54) is 38.5 Å². The minimum absolute atomic E-state index is 0.507. The van der Waals surface area contributed by atoms with Crippen molar-refractivity contribution in [3.8, 4) is 0 Å². The van der Waals surface area contributed by atoms with E-state index in [9.17, 15) is 0 Å². The van der Waals surface area contributed by atoms with Gasteiger partial charge in [0.05, 0.1) is 0 Å². The average Bonchev–Trinajstić information content (AvgIpc) is 2.14. The smallest absolute Gasteiger partial charge is 0.0314 e. The summed E-state index contributed by atoms with van der Waals surface area (Å²) < 4.78 is 0. The van der Waals surface area contributed by atoms with Gasteiger partial charge in [0.15, 0.2) is 0 Å². The Bertz CT molecular complexity index is 193. The van der Waals surface area contributed by atoms with E-state index in [0.29, 0.717) is 5.41 Å². The molecular formula is C14H26. The Kier molecular flexibility index (Phi) is 4.22. The van der Waals surface area contributed by atoms with E-state index in [1.807, 2.05) is 0 Å². The van der Waals surface area contributed by atoms with Crippen LogP contribution in [-0.2, 0) is 0 Å². The molecule has 0 aliphatic heterocycles. The van der Waals surface area contributed by atoms with Crippen LogP contribution in [0.1, 0.15) is 66.2 Å². The van der Waals surface area contributed by atoms with Gasteiger partial charge >= 0.3 is 0 Å². The first kappa shape index (κ1) is 11.8. The molecule has 0 nitrogen and oxygen atoms in total. The number of hydrogen-bond donors (Lipinski definition) is 0. The summed E-state index contributed by atoms with van der Waals surface area (Å²) in [7, 11) is 0. The summed E-state index contributed by atoms with van der Waals surface area (Å²) in [5, 5.41) is 0. The largest absolute Gasteiger partial charge is 0.0850 e. The number of allylic oxidation sites excluding steroid dienone is 2. The van der Waals surface area contributed by atoms with Crippen LogP contribution in [-0.4, -0.2) is 0 Å². The third-order valence-corrected chi connectivity index (χ3v) is 3.58. The highest BCUT2D eigenvalue weighted by atomic mass is 14.3. The lowest BCUT2D eigenvalue weighted by atomic mass is 9.72. The van der Waals surface area contributed by atoms with E-state index >= 15 is 0 Å². The Hall–Kier alpha value is -0.260. The predicted octanol–water partition coefficient (Wildman–Crippen LogP) is 4.95. The minimum atomic E-state index is 0.507. The normalized spacial score (nSPS) is 23.4. The highest BCUT2D eigenvalue weighted by Crippen LogP contribution is 2.37.